The zero-order valence-corrected chi connectivity index (χ0v) is 12.4. The molecule has 0 spiro atoms. The average molecular weight is 282 g/mol. The lowest BCUT2D eigenvalue weighted by molar-refractivity contribution is 0.0944. The second kappa shape index (κ2) is 5.86. The number of nitrogen functional groups attached to an aromatic ring is 1. The summed E-state index contributed by atoms with van der Waals surface area (Å²) in [5.74, 6) is -0.162. The third kappa shape index (κ3) is 3.05. The summed E-state index contributed by atoms with van der Waals surface area (Å²) < 4.78 is 1.89. The van der Waals surface area contributed by atoms with E-state index in [2.05, 4.69) is 16.7 Å². The minimum absolute atomic E-state index is 0.162. The van der Waals surface area contributed by atoms with Gasteiger partial charge in [0.15, 0.2) is 5.69 Å². The van der Waals surface area contributed by atoms with Crippen molar-refractivity contribution in [2.75, 3.05) is 18.5 Å². The fourth-order valence-electron chi connectivity index (χ4n) is 2.57. The molecule has 1 heterocycles. The second-order valence-electron chi connectivity index (χ2n) is 5.07. The molecule has 0 radical (unpaired) electrons. The first-order valence-corrected chi connectivity index (χ1v) is 7.99. The lowest BCUT2D eigenvalue weighted by Gasteiger charge is -2.26. The number of aryl methyl sites for hydroxylation is 1. The summed E-state index contributed by atoms with van der Waals surface area (Å²) in [6.45, 7) is 3.38. The number of nitrogens with one attached hydrogen (secondary N) is 1. The van der Waals surface area contributed by atoms with Gasteiger partial charge in [0.05, 0.1) is 5.69 Å². The van der Waals surface area contributed by atoms with E-state index < -0.39 is 0 Å². The van der Waals surface area contributed by atoms with Crippen LogP contribution in [0, 0.1) is 0 Å². The Balaban J connectivity index is 1.98. The van der Waals surface area contributed by atoms with E-state index in [1.165, 1.54) is 25.7 Å². The first kappa shape index (κ1) is 14.2. The van der Waals surface area contributed by atoms with Crippen LogP contribution in [0.3, 0.4) is 0 Å². The van der Waals surface area contributed by atoms with E-state index in [1.807, 2.05) is 18.7 Å². The summed E-state index contributed by atoms with van der Waals surface area (Å²) in [5, 5.41) is 7.19. The van der Waals surface area contributed by atoms with Gasteiger partial charge in [-0.3, -0.25) is 9.48 Å². The maximum Gasteiger partial charge on any atom is 0.273 e. The Morgan fingerprint density at radius 2 is 2.26 bits per heavy atom. The maximum atomic E-state index is 12.1. The molecule has 0 bridgehead atoms. The molecule has 3 N–H and O–H groups in total. The maximum absolute atomic E-state index is 12.1. The molecule has 0 saturated heterocycles. The SMILES string of the molecule is CCn1cc(N)c(C(=O)NCC2(SC)CCCC2)n1. The fourth-order valence-corrected chi connectivity index (χ4v) is 3.49. The van der Waals surface area contributed by atoms with Crippen molar-refractivity contribution in [3.8, 4) is 0 Å². The van der Waals surface area contributed by atoms with E-state index >= 15 is 0 Å². The van der Waals surface area contributed by atoms with Gasteiger partial charge in [0, 0.05) is 24.0 Å². The summed E-state index contributed by atoms with van der Waals surface area (Å²) in [5.41, 5.74) is 6.61. The van der Waals surface area contributed by atoms with Crippen molar-refractivity contribution < 1.29 is 4.79 Å². The first-order valence-electron chi connectivity index (χ1n) is 6.76. The third-order valence-corrected chi connectivity index (χ3v) is 5.27. The molecule has 5 nitrogen and oxygen atoms in total. The van der Waals surface area contributed by atoms with E-state index in [-0.39, 0.29) is 10.7 Å². The zero-order valence-electron chi connectivity index (χ0n) is 11.6. The molecule has 1 fully saturated rings. The topological polar surface area (TPSA) is 72.9 Å². The van der Waals surface area contributed by atoms with Gasteiger partial charge in [0.1, 0.15) is 0 Å². The first-order chi connectivity index (χ1) is 9.10. The number of anilines is 1. The van der Waals surface area contributed by atoms with Crippen molar-refractivity contribution in [3.05, 3.63) is 11.9 Å². The monoisotopic (exact) mass is 282 g/mol. The number of carbonyl (C=O) groups is 1. The van der Waals surface area contributed by atoms with E-state index in [1.54, 1.807) is 10.9 Å². The molecule has 0 aromatic carbocycles. The molecule has 1 aliphatic carbocycles. The van der Waals surface area contributed by atoms with E-state index in [9.17, 15) is 4.79 Å². The van der Waals surface area contributed by atoms with Crippen LogP contribution in [-0.4, -0.2) is 33.2 Å². The standard InChI is InChI=1S/C13H22N4OS/c1-3-17-8-10(14)11(16-17)12(18)15-9-13(19-2)6-4-5-7-13/h8H,3-7,9,14H2,1-2H3,(H,15,18). The molecule has 0 atom stereocenters. The smallest absolute Gasteiger partial charge is 0.273 e. The van der Waals surface area contributed by atoms with Crippen LogP contribution in [0.15, 0.2) is 6.20 Å². The minimum Gasteiger partial charge on any atom is -0.396 e. The number of carbonyl (C=O) groups excluding carboxylic acids is 1. The number of nitrogens with zero attached hydrogens (tertiary/aromatic N) is 2. The lowest BCUT2D eigenvalue weighted by Crippen LogP contribution is -2.38. The molecular formula is C13H22N4OS. The number of rotatable bonds is 5. The average Bonchev–Trinajstić information content (AvgIpc) is 3.03. The number of hydrogen-bond acceptors (Lipinski definition) is 4. The summed E-state index contributed by atoms with van der Waals surface area (Å²) in [7, 11) is 0. The van der Waals surface area contributed by atoms with Gasteiger partial charge in [-0.15, -0.1) is 0 Å². The van der Waals surface area contributed by atoms with Crippen LogP contribution in [0.25, 0.3) is 0 Å². The van der Waals surface area contributed by atoms with E-state index in [0.29, 0.717) is 24.5 Å². The van der Waals surface area contributed by atoms with Crippen LogP contribution in [0.1, 0.15) is 43.1 Å². The number of nitrogens with two attached hydrogens (primary N) is 1. The molecule has 1 aromatic rings. The molecule has 106 valence electrons. The van der Waals surface area contributed by atoms with Gasteiger partial charge in [-0.1, -0.05) is 12.8 Å². The minimum atomic E-state index is -0.162. The van der Waals surface area contributed by atoms with Crippen molar-refractivity contribution in [2.45, 2.75) is 43.9 Å². The molecule has 2 rings (SSSR count). The highest BCUT2D eigenvalue weighted by Gasteiger charge is 2.33. The van der Waals surface area contributed by atoms with Crippen molar-refractivity contribution in [1.82, 2.24) is 15.1 Å². The van der Waals surface area contributed by atoms with Gasteiger partial charge in [-0.05, 0) is 26.0 Å². The molecule has 1 aromatic heterocycles. The molecular weight excluding hydrogens is 260 g/mol. The highest BCUT2D eigenvalue weighted by atomic mass is 32.2. The van der Waals surface area contributed by atoms with Crippen molar-refractivity contribution in [2.24, 2.45) is 0 Å². The highest BCUT2D eigenvalue weighted by molar-refractivity contribution is 8.00. The Labute approximate surface area is 118 Å². The van der Waals surface area contributed by atoms with Gasteiger partial charge in [-0.2, -0.15) is 16.9 Å². The Hall–Kier alpha value is -1.17. The van der Waals surface area contributed by atoms with Crippen LogP contribution in [0.4, 0.5) is 5.69 Å². The van der Waals surface area contributed by atoms with Crippen LogP contribution in [-0.2, 0) is 6.54 Å². The number of thioether (sulfide) groups is 1. The van der Waals surface area contributed by atoms with Gasteiger partial charge in [0.25, 0.3) is 5.91 Å². The Morgan fingerprint density at radius 3 is 2.79 bits per heavy atom. The van der Waals surface area contributed by atoms with Gasteiger partial charge >= 0.3 is 0 Å². The van der Waals surface area contributed by atoms with Crippen molar-refractivity contribution in [3.63, 3.8) is 0 Å². The Kier molecular flexibility index (Phi) is 4.39. The fraction of sp³-hybridized carbons (Fsp3) is 0.692. The van der Waals surface area contributed by atoms with Crippen LogP contribution < -0.4 is 11.1 Å². The van der Waals surface area contributed by atoms with Crippen molar-refractivity contribution in [1.29, 1.82) is 0 Å². The third-order valence-electron chi connectivity index (χ3n) is 3.85. The number of amides is 1. The predicted octanol–water partition coefficient (Wildman–Crippen LogP) is 1.89. The summed E-state index contributed by atoms with van der Waals surface area (Å²) in [6.07, 6.45) is 8.68. The van der Waals surface area contributed by atoms with Crippen LogP contribution in [0.2, 0.25) is 0 Å². The van der Waals surface area contributed by atoms with Crippen molar-refractivity contribution >= 4 is 23.4 Å². The Bertz CT molecular complexity index is 451. The molecule has 1 aliphatic rings. The molecule has 1 amide bonds. The number of hydrogen-bond donors (Lipinski definition) is 2. The largest absolute Gasteiger partial charge is 0.396 e. The Morgan fingerprint density at radius 1 is 1.58 bits per heavy atom. The molecule has 0 aliphatic heterocycles. The highest BCUT2D eigenvalue weighted by Crippen LogP contribution is 2.39. The van der Waals surface area contributed by atoms with E-state index in [4.69, 9.17) is 5.73 Å². The summed E-state index contributed by atoms with van der Waals surface area (Å²) in [4.78, 5) is 12.1. The van der Waals surface area contributed by atoms with Gasteiger partial charge in [-0.25, -0.2) is 0 Å². The predicted molar refractivity (Wildman–Crippen MR) is 79.4 cm³/mol. The second-order valence-corrected chi connectivity index (χ2v) is 6.34. The lowest BCUT2D eigenvalue weighted by atomic mass is 10.1. The summed E-state index contributed by atoms with van der Waals surface area (Å²) >= 11 is 1.86. The van der Waals surface area contributed by atoms with Crippen LogP contribution in [0.5, 0.6) is 0 Å². The summed E-state index contributed by atoms with van der Waals surface area (Å²) in [6, 6.07) is 0. The normalized spacial score (nSPS) is 17.6. The molecule has 1 saturated carbocycles. The number of aromatic nitrogens is 2. The van der Waals surface area contributed by atoms with Crippen LogP contribution >= 0.6 is 11.8 Å². The van der Waals surface area contributed by atoms with Gasteiger partial charge < -0.3 is 11.1 Å². The molecule has 19 heavy (non-hydrogen) atoms. The quantitative estimate of drug-likeness (QED) is 0.865. The molecule has 0 unspecified atom stereocenters. The zero-order chi connectivity index (χ0) is 13.9. The molecule has 6 heteroatoms. The van der Waals surface area contributed by atoms with Gasteiger partial charge in [0.2, 0.25) is 0 Å². The van der Waals surface area contributed by atoms with E-state index in [0.717, 1.165) is 0 Å².